The lowest BCUT2D eigenvalue weighted by Gasteiger charge is -2.20. The molecule has 0 fully saturated rings. The molecule has 1 N–H and O–H groups in total. The van der Waals surface area contributed by atoms with E-state index in [-0.39, 0.29) is 5.54 Å². The van der Waals surface area contributed by atoms with Crippen LogP contribution in [-0.4, -0.2) is 49.0 Å². The monoisotopic (exact) mass is 297 g/mol. The summed E-state index contributed by atoms with van der Waals surface area (Å²) in [6.45, 7) is 9.48. The topological polar surface area (TPSA) is 65.5 Å². The van der Waals surface area contributed by atoms with E-state index in [2.05, 4.69) is 36.1 Å². The van der Waals surface area contributed by atoms with Gasteiger partial charge >= 0.3 is 0 Å². The average Bonchev–Trinajstić information content (AvgIpc) is 2.44. The van der Waals surface area contributed by atoms with Gasteiger partial charge in [-0.15, -0.1) is 0 Å². The molecular weight excluding hydrogens is 270 g/mol. The van der Waals surface area contributed by atoms with Gasteiger partial charge in [0, 0.05) is 38.4 Å². The van der Waals surface area contributed by atoms with Crippen molar-refractivity contribution in [3.05, 3.63) is 18.1 Å². The molecule has 0 aliphatic rings. The van der Waals surface area contributed by atoms with Crippen molar-refractivity contribution >= 4 is 0 Å². The predicted octanol–water partition coefficient (Wildman–Crippen LogP) is 1.80. The van der Waals surface area contributed by atoms with Gasteiger partial charge in [-0.2, -0.15) is 0 Å². The quantitative estimate of drug-likeness (QED) is 0.664. The van der Waals surface area contributed by atoms with E-state index < -0.39 is 0 Å². The first-order valence-corrected chi connectivity index (χ1v) is 7.27. The summed E-state index contributed by atoms with van der Waals surface area (Å²) in [4.78, 5) is 8.56. The third-order valence-corrected chi connectivity index (χ3v) is 2.58. The Labute approximate surface area is 127 Å². The van der Waals surface area contributed by atoms with E-state index in [0.717, 1.165) is 12.1 Å². The molecule has 0 bridgehead atoms. The molecular formula is C15H27N3O3. The molecule has 0 atom stereocenters. The second kappa shape index (κ2) is 9.65. The maximum absolute atomic E-state index is 5.57. The largest absolute Gasteiger partial charge is 0.476 e. The lowest BCUT2D eigenvalue weighted by Crippen LogP contribution is -2.35. The van der Waals surface area contributed by atoms with E-state index in [0.29, 0.717) is 38.9 Å². The van der Waals surface area contributed by atoms with Gasteiger partial charge in [-0.05, 0) is 20.8 Å². The summed E-state index contributed by atoms with van der Waals surface area (Å²) < 4.78 is 15.8. The Balaban J connectivity index is 2.23. The van der Waals surface area contributed by atoms with E-state index >= 15 is 0 Å². The van der Waals surface area contributed by atoms with Gasteiger partial charge in [-0.1, -0.05) is 0 Å². The van der Waals surface area contributed by atoms with Crippen molar-refractivity contribution < 1.29 is 14.2 Å². The standard InChI is InChI=1S/C15H27N3O3/c1-15(2,3)17-11-13-10-16-12-14(18-13)21-7-5-6-20-9-8-19-4/h10,12,17H,5-9,11H2,1-4H3. The van der Waals surface area contributed by atoms with Gasteiger partial charge in [0.25, 0.3) is 0 Å². The fraction of sp³-hybridized carbons (Fsp3) is 0.733. The molecule has 21 heavy (non-hydrogen) atoms. The molecule has 0 amide bonds. The van der Waals surface area contributed by atoms with Crippen LogP contribution >= 0.6 is 0 Å². The maximum atomic E-state index is 5.57. The minimum Gasteiger partial charge on any atom is -0.476 e. The number of ether oxygens (including phenoxy) is 3. The molecule has 1 rings (SSSR count). The summed E-state index contributed by atoms with van der Waals surface area (Å²) in [5.74, 6) is 0.556. The van der Waals surface area contributed by atoms with Gasteiger partial charge in [-0.3, -0.25) is 4.98 Å². The van der Waals surface area contributed by atoms with Crippen LogP contribution in [0.3, 0.4) is 0 Å². The number of hydrogen-bond donors (Lipinski definition) is 1. The van der Waals surface area contributed by atoms with Gasteiger partial charge < -0.3 is 19.5 Å². The smallest absolute Gasteiger partial charge is 0.232 e. The van der Waals surface area contributed by atoms with Gasteiger partial charge in [0.1, 0.15) is 0 Å². The van der Waals surface area contributed by atoms with Gasteiger partial charge in [-0.25, -0.2) is 4.98 Å². The molecule has 0 aliphatic heterocycles. The molecule has 120 valence electrons. The SMILES string of the molecule is COCCOCCCOc1cncc(CNC(C)(C)C)n1. The van der Waals surface area contributed by atoms with Crippen LogP contribution in [0.4, 0.5) is 0 Å². The van der Waals surface area contributed by atoms with Crippen LogP contribution in [0.2, 0.25) is 0 Å². The molecule has 0 aromatic carbocycles. The van der Waals surface area contributed by atoms with Crippen molar-refractivity contribution in [3.63, 3.8) is 0 Å². The van der Waals surface area contributed by atoms with Crippen LogP contribution in [0.1, 0.15) is 32.9 Å². The van der Waals surface area contributed by atoms with Crippen molar-refractivity contribution in [2.75, 3.05) is 33.5 Å². The summed E-state index contributed by atoms with van der Waals surface area (Å²) in [6, 6.07) is 0. The van der Waals surface area contributed by atoms with E-state index in [1.54, 1.807) is 19.5 Å². The van der Waals surface area contributed by atoms with E-state index in [1.165, 1.54) is 0 Å². The Hall–Kier alpha value is -1.24. The molecule has 1 aromatic rings. The molecule has 6 nitrogen and oxygen atoms in total. The highest BCUT2D eigenvalue weighted by Gasteiger charge is 2.09. The zero-order valence-electron chi connectivity index (χ0n) is 13.5. The number of rotatable bonds is 10. The molecule has 6 heteroatoms. The van der Waals surface area contributed by atoms with Gasteiger partial charge in [0.05, 0.1) is 31.7 Å². The average molecular weight is 297 g/mol. The van der Waals surface area contributed by atoms with Crippen molar-refractivity contribution in [2.45, 2.75) is 39.3 Å². The Morgan fingerprint density at radius 2 is 1.90 bits per heavy atom. The van der Waals surface area contributed by atoms with Crippen LogP contribution in [0, 0.1) is 0 Å². The van der Waals surface area contributed by atoms with Gasteiger partial charge in [0.2, 0.25) is 5.88 Å². The van der Waals surface area contributed by atoms with E-state index in [1.807, 2.05) is 0 Å². The highest BCUT2D eigenvalue weighted by molar-refractivity contribution is 5.08. The predicted molar refractivity (Wildman–Crippen MR) is 81.4 cm³/mol. The lowest BCUT2D eigenvalue weighted by atomic mass is 10.1. The maximum Gasteiger partial charge on any atom is 0.232 e. The number of hydrogen-bond acceptors (Lipinski definition) is 6. The summed E-state index contributed by atoms with van der Waals surface area (Å²) >= 11 is 0. The van der Waals surface area contributed by atoms with Crippen molar-refractivity contribution in [1.29, 1.82) is 0 Å². The second-order valence-corrected chi connectivity index (χ2v) is 5.76. The first kappa shape index (κ1) is 17.8. The molecule has 0 spiro atoms. The van der Waals surface area contributed by atoms with Crippen LogP contribution in [-0.2, 0) is 16.0 Å². The van der Waals surface area contributed by atoms with Crippen molar-refractivity contribution in [3.8, 4) is 5.88 Å². The lowest BCUT2D eigenvalue weighted by molar-refractivity contribution is 0.0641. The molecule has 0 unspecified atom stereocenters. The minimum absolute atomic E-state index is 0.0537. The zero-order valence-corrected chi connectivity index (χ0v) is 13.5. The number of methoxy groups -OCH3 is 1. The summed E-state index contributed by atoms with van der Waals surface area (Å²) in [5.41, 5.74) is 0.928. The molecule has 1 aromatic heterocycles. The van der Waals surface area contributed by atoms with E-state index in [9.17, 15) is 0 Å². The number of nitrogens with one attached hydrogen (secondary N) is 1. The Bertz CT molecular complexity index is 394. The molecule has 0 radical (unpaired) electrons. The zero-order chi connectivity index (χ0) is 15.6. The fourth-order valence-electron chi connectivity index (χ4n) is 1.48. The normalized spacial score (nSPS) is 11.6. The van der Waals surface area contributed by atoms with Gasteiger partial charge in [0.15, 0.2) is 0 Å². The van der Waals surface area contributed by atoms with Crippen molar-refractivity contribution in [1.82, 2.24) is 15.3 Å². The fourth-order valence-corrected chi connectivity index (χ4v) is 1.48. The minimum atomic E-state index is 0.0537. The third kappa shape index (κ3) is 9.33. The highest BCUT2D eigenvalue weighted by Crippen LogP contribution is 2.07. The number of nitrogens with zero attached hydrogens (tertiary/aromatic N) is 2. The summed E-state index contributed by atoms with van der Waals surface area (Å²) in [6.07, 6.45) is 4.20. The molecule has 0 saturated carbocycles. The Morgan fingerprint density at radius 3 is 2.62 bits per heavy atom. The first-order valence-electron chi connectivity index (χ1n) is 7.27. The van der Waals surface area contributed by atoms with Crippen LogP contribution < -0.4 is 10.1 Å². The van der Waals surface area contributed by atoms with Crippen LogP contribution in [0.5, 0.6) is 5.88 Å². The third-order valence-electron chi connectivity index (χ3n) is 2.58. The van der Waals surface area contributed by atoms with E-state index in [4.69, 9.17) is 14.2 Å². The van der Waals surface area contributed by atoms with Crippen LogP contribution in [0.25, 0.3) is 0 Å². The summed E-state index contributed by atoms with van der Waals surface area (Å²) in [7, 11) is 1.66. The number of aromatic nitrogens is 2. The molecule has 0 saturated heterocycles. The summed E-state index contributed by atoms with van der Waals surface area (Å²) in [5, 5.41) is 3.37. The second-order valence-electron chi connectivity index (χ2n) is 5.76. The Morgan fingerprint density at radius 1 is 1.10 bits per heavy atom. The highest BCUT2D eigenvalue weighted by atomic mass is 16.5. The Kier molecular flexibility index (Phi) is 8.19. The first-order chi connectivity index (χ1) is 10.0. The van der Waals surface area contributed by atoms with Crippen molar-refractivity contribution in [2.24, 2.45) is 0 Å². The molecule has 1 heterocycles. The van der Waals surface area contributed by atoms with Crippen LogP contribution in [0.15, 0.2) is 12.4 Å². The molecule has 0 aliphatic carbocycles.